The molecular formula is C11H10FN3O2. The molecule has 0 amide bonds. The minimum absolute atomic E-state index is 0.131. The second-order valence-electron chi connectivity index (χ2n) is 3.67. The van der Waals surface area contributed by atoms with Gasteiger partial charge in [0.1, 0.15) is 5.82 Å². The molecule has 0 unspecified atom stereocenters. The third-order valence-corrected chi connectivity index (χ3v) is 2.50. The summed E-state index contributed by atoms with van der Waals surface area (Å²) in [5.74, 6) is -1.56. The first-order chi connectivity index (χ1) is 8.00. The monoisotopic (exact) mass is 235 g/mol. The lowest BCUT2D eigenvalue weighted by molar-refractivity contribution is 0.0689. The largest absolute Gasteiger partial charge is 0.476 e. The SMILES string of the molecule is Cc1ccc(F)cc1-n1nnc(C(=O)O)c1C. The Bertz CT molecular complexity index is 592. The maximum Gasteiger partial charge on any atom is 0.358 e. The van der Waals surface area contributed by atoms with Crippen molar-refractivity contribution in [3.63, 3.8) is 0 Å². The molecule has 0 bridgehead atoms. The molecule has 2 rings (SSSR count). The molecule has 88 valence electrons. The first-order valence-corrected chi connectivity index (χ1v) is 4.93. The Morgan fingerprint density at radius 1 is 1.41 bits per heavy atom. The average Bonchev–Trinajstić information content (AvgIpc) is 2.64. The maximum atomic E-state index is 13.2. The summed E-state index contributed by atoms with van der Waals surface area (Å²) in [6, 6.07) is 4.23. The quantitative estimate of drug-likeness (QED) is 0.860. The standard InChI is InChI=1S/C11H10FN3O2/c1-6-3-4-8(12)5-9(6)15-7(2)10(11(16)17)13-14-15/h3-5H,1-2H3,(H,16,17). The van der Waals surface area contributed by atoms with Crippen LogP contribution in [-0.4, -0.2) is 26.1 Å². The first-order valence-electron chi connectivity index (χ1n) is 4.93. The van der Waals surface area contributed by atoms with Crippen LogP contribution < -0.4 is 0 Å². The zero-order chi connectivity index (χ0) is 12.6. The van der Waals surface area contributed by atoms with Gasteiger partial charge in [-0.05, 0) is 31.5 Å². The van der Waals surface area contributed by atoms with Crippen LogP contribution in [0.15, 0.2) is 18.2 Å². The fourth-order valence-electron chi connectivity index (χ4n) is 1.57. The molecule has 6 heteroatoms. The van der Waals surface area contributed by atoms with Gasteiger partial charge in [0.25, 0.3) is 0 Å². The van der Waals surface area contributed by atoms with E-state index < -0.39 is 11.8 Å². The molecule has 0 aliphatic rings. The van der Waals surface area contributed by atoms with Crippen molar-refractivity contribution in [1.82, 2.24) is 15.0 Å². The van der Waals surface area contributed by atoms with Gasteiger partial charge in [-0.15, -0.1) is 5.10 Å². The van der Waals surface area contributed by atoms with Crippen molar-refractivity contribution in [2.24, 2.45) is 0 Å². The van der Waals surface area contributed by atoms with Gasteiger partial charge < -0.3 is 5.11 Å². The fourth-order valence-corrected chi connectivity index (χ4v) is 1.57. The number of rotatable bonds is 2. The van der Waals surface area contributed by atoms with Crippen LogP contribution in [0.25, 0.3) is 5.69 Å². The van der Waals surface area contributed by atoms with Crippen LogP contribution in [0.3, 0.4) is 0 Å². The molecule has 0 fully saturated rings. The van der Waals surface area contributed by atoms with E-state index in [4.69, 9.17) is 5.11 Å². The number of benzene rings is 1. The zero-order valence-electron chi connectivity index (χ0n) is 9.31. The fraction of sp³-hybridized carbons (Fsp3) is 0.182. The van der Waals surface area contributed by atoms with Crippen molar-refractivity contribution in [3.8, 4) is 5.69 Å². The number of hydrogen-bond donors (Lipinski definition) is 1. The average molecular weight is 235 g/mol. The first kappa shape index (κ1) is 11.3. The molecular weight excluding hydrogens is 225 g/mol. The third-order valence-electron chi connectivity index (χ3n) is 2.50. The topological polar surface area (TPSA) is 68.0 Å². The van der Waals surface area contributed by atoms with Crippen molar-refractivity contribution in [1.29, 1.82) is 0 Å². The smallest absolute Gasteiger partial charge is 0.358 e. The van der Waals surface area contributed by atoms with Gasteiger partial charge in [-0.2, -0.15) is 0 Å². The molecule has 0 atom stereocenters. The van der Waals surface area contributed by atoms with Crippen LogP contribution in [-0.2, 0) is 0 Å². The van der Waals surface area contributed by atoms with Crippen molar-refractivity contribution in [3.05, 3.63) is 41.0 Å². The lowest BCUT2D eigenvalue weighted by Gasteiger charge is -2.06. The van der Waals surface area contributed by atoms with E-state index in [-0.39, 0.29) is 5.69 Å². The van der Waals surface area contributed by atoms with E-state index in [9.17, 15) is 9.18 Å². The van der Waals surface area contributed by atoms with Crippen LogP contribution in [0.2, 0.25) is 0 Å². The number of carboxylic acids is 1. The van der Waals surface area contributed by atoms with Gasteiger partial charge in [-0.1, -0.05) is 11.3 Å². The Balaban J connectivity index is 2.61. The predicted octanol–water partition coefficient (Wildman–Crippen LogP) is 1.72. The number of aromatic carboxylic acids is 1. The van der Waals surface area contributed by atoms with E-state index in [1.54, 1.807) is 19.9 Å². The van der Waals surface area contributed by atoms with Crippen molar-refractivity contribution in [2.75, 3.05) is 0 Å². The van der Waals surface area contributed by atoms with E-state index in [1.165, 1.54) is 16.8 Å². The Labute approximate surface area is 96.5 Å². The van der Waals surface area contributed by atoms with Crippen LogP contribution in [0.1, 0.15) is 21.7 Å². The highest BCUT2D eigenvalue weighted by molar-refractivity contribution is 5.86. The van der Waals surface area contributed by atoms with Gasteiger partial charge in [-0.3, -0.25) is 0 Å². The Morgan fingerprint density at radius 2 is 2.12 bits per heavy atom. The number of halogens is 1. The molecule has 1 aromatic heterocycles. The summed E-state index contributed by atoms with van der Waals surface area (Å²) in [6.07, 6.45) is 0. The van der Waals surface area contributed by atoms with Gasteiger partial charge in [0.2, 0.25) is 0 Å². The van der Waals surface area contributed by atoms with E-state index in [0.29, 0.717) is 11.4 Å². The molecule has 0 spiro atoms. The van der Waals surface area contributed by atoms with Crippen molar-refractivity contribution >= 4 is 5.97 Å². The van der Waals surface area contributed by atoms with E-state index in [0.717, 1.165) is 5.56 Å². The lowest BCUT2D eigenvalue weighted by atomic mass is 10.2. The molecule has 0 saturated heterocycles. The highest BCUT2D eigenvalue weighted by atomic mass is 19.1. The molecule has 0 aliphatic heterocycles. The van der Waals surface area contributed by atoms with Gasteiger partial charge in [0.15, 0.2) is 5.69 Å². The summed E-state index contributed by atoms with van der Waals surface area (Å²) in [5, 5.41) is 16.1. The summed E-state index contributed by atoms with van der Waals surface area (Å²) < 4.78 is 14.5. The highest BCUT2D eigenvalue weighted by Crippen LogP contribution is 2.17. The second kappa shape index (κ2) is 3.97. The summed E-state index contributed by atoms with van der Waals surface area (Å²) in [6.45, 7) is 3.37. The Kier molecular flexibility index (Phi) is 2.63. The van der Waals surface area contributed by atoms with E-state index in [2.05, 4.69) is 10.3 Å². The number of nitrogens with zero attached hydrogens (tertiary/aromatic N) is 3. The van der Waals surface area contributed by atoms with Crippen LogP contribution in [0.5, 0.6) is 0 Å². The highest BCUT2D eigenvalue weighted by Gasteiger charge is 2.17. The summed E-state index contributed by atoms with van der Waals surface area (Å²) in [4.78, 5) is 10.8. The zero-order valence-corrected chi connectivity index (χ0v) is 9.31. The van der Waals surface area contributed by atoms with Gasteiger partial charge >= 0.3 is 5.97 Å². The van der Waals surface area contributed by atoms with Gasteiger partial charge in [0, 0.05) is 0 Å². The number of aryl methyl sites for hydroxylation is 1. The predicted molar refractivity (Wildman–Crippen MR) is 57.8 cm³/mol. The molecule has 1 N–H and O–H groups in total. The minimum Gasteiger partial charge on any atom is -0.476 e. The lowest BCUT2D eigenvalue weighted by Crippen LogP contribution is -2.04. The summed E-state index contributed by atoms with van der Waals surface area (Å²) >= 11 is 0. The molecule has 2 aromatic rings. The molecule has 17 heavy (non-hydrogen) atoms. The molecule has 1 aromatic carbocycles. The van der Waals surface area contributed by atoms with Crippen LogP contribution >= 0.6 is 0 Å². The summed E-state index contributed by atoms with van der Waals surface area (Å²) in [5.41, 5.74) is 1.51. The molecule has 1 heterocycles. The van der Waals surface area contributed by atoms with E-state index in [1.807, 2.05) is 0 Å². The van der Waals surface area contributed by atoms with Crippen LogP contribution in [0.4, 0.5) is 4.39 Å². The maximum absolute atomic E-state index is 13.2. The normalized spacial score (nSPS) is 10.5. The third kappa shape index (κ3) is 1.89. The van der Waals surface area contributed by atoms with Gasteiger partial charge in [0.05, 0.1) is 11.4 Å². The van der Waals surface area contributed by atoms with Gasteiger partial charge in [-0.25, -0.2) is 13.9 Å². The number of hydrogen-bond acceptors (Lipinski definition) is 3. The molecule has 0 aliphatic carbocycles. The Hall–Kier alpha value is -2.24. The number of aromatic nitrogens is 3. The molecule has 0 radical (unpaired) electrons. The number of carbonyl (C=O) groups is 1. The second-order valence-corrected chi connectivity index (χ2v) is 3.67. The van der Waals surface area contributed by atoms with Crippen molar-refractivity contribution < 1.29 is 14.3 Å². The number of carboxylic acid groups (broad SMARTS) is 1. The minimum atomic E-state index is -1.15. The van der Waals surface area contributed by atoms with Crippen LogP contribution in [0, 0.1) is 19.7 Å². The Morgan fingerprint density at radius 3 is 2.71 bits per heavy atom. The molecule has 5 nitrogen and oxygen atoms in total. The molecule has 0 saturated carbocycles. The summed E-state index contributed by atoms with van der Waals surface area (Å²) in [7, 11) is 0. The van der Waals surface area contributed by atoms with Crippen molar-refractivity contribution in [2.45, 2.75) is 13.8 Å². The van der Waals surface area contributed by atoms with E-state index >= 15 is 0 Å².